The summed E-state index contributed by atoms with van der Waals surface area (Å²) in [7, 11) is 0. The van der Waals surface area contributed by atoms with Crippen molar-refractivity contribution in [1.29, 1.82) is 5.26 Å². The standard InChI is InChI=1S/C23H23ClN4/c1-15-13-20(21(24)17-7-9-18(10-8-17)23(2,3)4)28-22(26-15)27-19-11-5-16(14-25)6-12-19/h5-13,21H,1-4H3,(H,26,27,28). The monoisotopic (exact) mass is 390 g/mol. The van der Waals surface area contributed by atoms with Crippen molar-refractivity contribution in [2.45, 2.75) is 38.5 Å². The van der Waals surface area contributed by atoms with Crippen LogP contribution in [0.15, 0.2) is 54.6 Å². The SMILES string of the molecule is Cc1cc(C(Cl)c2ccc(C(C)(C)C)cc2)nc(Nc2ccc(C#N)cc2)n1. The topological polar surface area (TPSA) is 61.6 Å². The Kier molecular flexibility index (Phi) is 5.67. The van der Waals surface area contributed by atoms with Crippen LogP contribution >= 0.6 is 11.6 Å². The molecule has 5 heteroatoms. The summed E-state index contributed by atoms with van der Waals surface area (Å²) in [5.41, 5.74) is 5.36. The molecule has 0 aliphatic carbocycles. The minimum absolute atomic E-state index is 0.101. The molecule has 3 rings (SSSR count). The number of nitrogens with zero attached hydrogens (tertiary/aromatic N) is 3. The molecule has 142 valence electrons. The highest BCUT2D eigenvalue weighted by molar-refractivity contribution is 6.22. The Balaban J connectivity index is 1.84. The number of hydrogen-bond donors (Lipinski definition) is 1. The molecular formula is C23H23ClN4. The predicted octanol–water partition coefficient (Wildman–Crippen LogP) is 6.03. The number of nitriles is 1. The first-order chi connectivity index (χ1) is 13.3. The van der Waals surface area contributed by atoms with Gasteiger partial charge in [0, 0.05) is 11.4 Å². The summed E-state index contributed by atoms with van der Waals surface area (Å²) in [6.45, 7) is 8.49. The number of aryl methyl sites for hydroxylation is 1. The Morgan fingerprint density at radius 3 is 2.21 bits per heavy atom. The largest absolute Gasteiger partial charge is 0.324 e. The number of aromatic nitrogens is 2. The van der Waals surface area contributed by atoms with Gasteiger partial charge in [0.15, 0.2) is 0 Å². The van der Waals surface area contributed by atoms with Gasteiger partial charge in [0.2, 0.25) is 5.95 Å². The first-order valence-electron chi connectivity index (χ1n) is 9.13. The van der Waals surface area contributed by atoms with Gasteiger partial charge in [0.25, 0.3) is 0 Å². The van der Waals surface area contributed by atoms with Gasteiger partial charge in [-0.15, -0.1) is 11.6 Å². The number of hydrogen-bond acceptors (Lipinski definition) is 4. The molecule has 0 aliphatic heterocycles. The van der Waals surface area contributed by atoms with E-state index in [0.29, 0.717) is 11.5 Å². The molecule has 0 bridgehead atoms. The molecular weight excluding hydrogens is 368 g/mol. The highest BCUT2D eigenvalue weighted by atomic mass is 35.5. The number of alkyl halides is 1. The zero-order valence-electron chi connectivity index (χ0n) is 16.5. The fourth-order valence-corrected chi connectivity index (χ4v) is 3.12. The van der Waals surface area contributed by atoms with Crippen LogP contribution in [0.1, 0.15) is 54.2 Å². The van der Waals surface area contributed by atoms with E-state index < -0.39 is 0 Å². The smallest absolute Gasteiger partial charge is 0.227 e. The summed E-state index contributed by atoms with van der Waals surface area (Å²) in [6, 6.07) is 19.5. The molecule has 1 unspecified atom stereocenters. The van der Waals surface area contributed by atoms with Gasteiger partial charge in [-0.25, -0.2) is 9.97 Å². The number of anilines is 2. The highest BCUT2D eigenvalue weighted by Gasteiger charge is 2.17. The molecule has 0 spiro atoms. The number of benzene rings is 2. The lowest BCUT2D eigenvalue weighted by molar-refractivity contribution is 0.590. The summed E-state index contributed by atoms with van der Waals surface area (Å²) in [6.07, 6.45) is 0. The van der Waals surface area contributed by atoms with Crippen LogP contribution in [0.25, 0.3) is 0 Å². The molecule has 0 radical (unpaired) electrons. The van der Waals surface area contributed by atoms with Gasteiger partial charge in [-0.2, -0.15) is 5.26 Å². The number of halogens is 1. The Labute approximate surface area is 171 Å². The van der Waals surface area contributed by atoms with E-state index in [2.05, 4.69) is 66.4 Å². The third kappa shape index (κ3) is 4.68. The van der Waals surface area contributed by atoms with Crippen LogP contribution in [0.5, 0.6) is 0 Å². The van der Waals surface area contributed by atoms with Crippen molar-refractivity contribution in [3.05, 3.63) is 82.7 Å². The minimum atomic E-state index is -0.364. The lowest BCUT2D eigenvalue weighted by Crippen LogP contribution is -2.11. The van der Waals surface area contributed by atoms with E-state index in [1.165, 1.54) is 5.56 Å². The summed E-state index contributed by atoms with van der Waals surface area (Å²) in [5.74, 6) is 0.483. The Bertz CT molecular complexity index is 997. The van der Waals surface area contributed by atoms with E-state index in [9.17, 15) is 0 Å². The van der Waals surface area contributed by atoms with E-state index in [4.69, 9.17) is 16.9 Å². The molecule has 0 saturated carbocycles. The molecule has 0 saturated heterocycles. The van der Waals surface area contributed by atoms with Gasteiger partial charge >= 0.3 is 0 Å². The van der Waals surface area contributed by atoms with Crippen molar-refractivity contribution in [3.63, 3.8) is 0 Å². The van der Waals surface area contributed by atoms with Crippen molar-refractivity contribution < 1.29 is 0 Å². The van der Waals surface area contributed by atoms with Gasteiger partial charge in [-0.1, -0.05) is 45.0 Å². The molecule has 4 nitrogen and oxygen atoms in total. The average Bonchev–Trinajstić information content (AvgIpc) is 2.67. The van der Waals surface area contributed by atoms with E-state index in [1.807, 2.05) is 25.1 Å². The fourth-order valence-electron chi connectivity index (χ4n) is 2.86. The normalized spacial score (nSPS) is 12.3. The number of nitrogens with one attached hydrogen (secondary N) is 1. The summed E-state index contributed by atoms with van der Waals surface area (Å²) in [4.78, 5) is 9.05. The summed E-state index contributed by atoms with van der Waals surface area (Å²) < 4.78 is 0. The van der Waals surface area contributed by atoms with E-state index >= 15 is 0 Å². The maximum atomic E-state index is 8.91. The van der Waals surface area contributed by atoms with E-state index in [0.717, 1.165) is 22.6 Å². The van der Waals surface area contributed by atoms with Crippen LogP contribution in [0.3, 0.4) is 0 Å². The van der Waals surface area contributed by atoms with Crippen molar-refractivity contribution >= 4 is 23.2 Å². The summed E-state index contributed by atoms with van der Waals surface area (Å²) >= 11 is 6.73. The molecule has 28 heavy (non-hydrogen) atoms. The predicted molar refractivity (Wildman–Crippen MR) is 114 cm³/mol. The molecule has 3 aromatic rings. The first kappa shape index (κ1) is 19.9. The third-order valence-electron chi connectivity index (χ3n) is 4.47. The van der Waals surface area contributed by atoms with Gasteiger partial charge in [-0.05, 0) is 53.8 Å². The Morgan fingerprint density at radius 2 is 1.64 bits per heavy atom. The second-order valence-electron chi connectivity index (χ2n) is 7.81. The van der Waals surface area contributed by atoms with Crippen molar-refractivity contribution in [1.82, 2.24) is 9.97 Å². The Morgan fingerprint density at radius 1 is 1.00 bits per heavy atom. The maximum absolute atomic E-state index is 8.91. The highest BCUT2D eigenvalue weighted by Crippen LogP contribution is 2.31. The molecule has 0 fully saturated rings. The van der Waals surface area contributed by atoms with E-state index in [-0.39, 0.29) is 10.8 Å². The molecule has 0 amide bonds. The van der Waals surface area contributed by atoms with Crippen LogP contribution < -0.4 is 5.32 Å². The van der Waals surface area contributed by atoms with Crippen LogP contribution in [0.4, 0.5) is 11.6 Å². The summed E-state index contributed by atoms with van der Waals surface area (Å²) in [5, 5.41) is 11.7. The first-order valence-corrected chi connectivity index (χ1v) is 9.57. The maximum Gasteiger partial charge on any atom is 0.227 e. The van der Waals surface area contributed by atoms with Crippen LogP contribution in [0, 0.1) is 18.3 Å². The molecule has 0 aliphatic rings. The molecule has 2 aromatic carbocycles. The second-order valence-corrected chi connectivity index (χ2v) is 8.24. The van der Waals surface area contributed by atoms with Crippen molar-refractivity contribution in [2.75, 3.05) is 5.32 Å². The van der Waals surface area contributed by atoms with Crippen molar-refractivity contribution in [3.8, 4) is 6.07 Å². The average molecular weight is 391 g/mol. The van der Waals surface area contributed by atoms with Crippen LogP contribution in [0.2, 0.25) is 0 Å². The lowest BCUT2D eigenvalue weighted by atomic mass is 9.86. The third-order valence-corrected chi connectivity index (χ3v) is 4.95. The van der Waals surface area contributed by atoms with E-state index in [1.54, 1.807) is 12.1 Å². The van der Waals surface area contributed by atoms with Gasteiger partial charge in [-0.3, -0.25) is 0 Å². The zero-order valence-corrected chi connectivity index (χ0v) is 17.2. The quantitative estimate of drug-likeness (QED) is 0.553. The second kappa shape index (κ2) is 8.00. The Hall–Kier alpha value is -2.90. The lowest BCUT2D eigenvalue weighted by Gasteiger charge is -2.20. The zero-order chi connectivity index (χ0) is 20.3. The number of rotatable bonds is 4. The van der Waals surface area contributed by atoms with Crippen molar-refractivity contribution in [2.24, 2.45) is 0 Å². The van der Waals surface area contributed by atoms with Crippen LogP contribution in [-0.4, -0.2) is 9.97 Å². The molecule has 1 aromatic heterocycles. The molecule has 1 N–H and O–H groups in total. The van der Waals surface area contributed by atoms with Gasteiger partial charge in [0.05, 0.1) is 17.3 Å². The fraction of sp³-hybridized carbons (Fsp3) is 0.261. The molecule has 1 heterocycles. The van der Waals surface area contributed by atoms with Crippen LogP contribution in [-0.2, 0) is 5.41 Å². The van der Waals surface area contributed by atoms with Gasteiger partial charge < -0.3 is 5.32 Å². The molecule has 1 atom stereocenters. The van der Waals surface area contributed by atoms with Gasteiger partial charge in [0.1, 0.15) is 5.38 Å². The minimum Gasteiger partial charge on any atom is -0.324 e.